The van der Waals surface area contributed by atoms with E-state index in [2.05, 4.69) is 78.0 Å². The number of aromatic carboxylic acids is 1. The Bertz CT molecular complexity index is 1560. The fourth-order valence-corrected chi connectivity index (χ4v) is 4.85. The summed E-state index contributed by atoms with van der Waals surface area (Å²) in [5.41, 5.74) is 5.26. The lowest BCUT2D eigenvalue weighted by Gasteiger charge is -2.08. The van der Waals surface area contributed by atoms with Crippen molar-refractivity contribution in [2.45, 2.75) is 19.8 Å². The molecule has 0 unspecified atom stereocenters. The minimum atomic E-state index is -0.917. The third-order valence-corrected chi connectivity index (χ3v) is 6.71. The largest absolute Gasteiger partial charge is 0.478 e. The molecule has 0 amide bonds. The second-order valence-corrected chi connectivity index (χ2v) is 9.59. The maximum atomic E-state index is 11.7. The van der Waals surface area contributed by atoms with Gasteiger partial charge in [-0.15, -0.1) is 0 Å². The number of fused-ring (bicyclic) bond motifs is 3. The van der Waals surface area contributed by atoms with Gasteiger partial charge in [0, 0.05) is 19.9 Å². The van der Waals surface area contributed by atoms with Crippen LogP contribution in [0.1, 0.15) is 40.4 Å². The maximum Gasteiger partial charge on any atom is 0.336 e. The fraction of sp³-hybridized carbons (Fsp3) is 0.100. The van der Waals surface area contributed by atoms with Crippen LogP contribution in [0.5, 0.6) is 0 Å². The molecule has 1 aromatic heterocycles. The lowest BCUT2D eigenvalue weighted by molar-refractivity contribution is 0.0696. The summed E-state index contributed by atoms with van der Waals surface area (Å²) in [5, 5.41) is 12.9. The molecule has 0 aliphatic carbocycles. The van der Waals surface area contributed by atoms with Crippen LogP contribution in [0.2, 0.25) is 0 Å². The molecule has 34 heavy (non-hydrogen) atoms. The zero-order chi connectivity index (χ0) is 23.7. The average molecular weight is 558 g/mol. The maximum absolute atomic E-state index is 11.7. The van der Waals surface area contributed by atoms with Crippen LogP contribution >= 0.6 is 22.6 Å². The minimum absolute atomic E-state index is 0.311. The molecule has 0 fully saturated rings. The van der Waals surface area contributed by atoms with Crippen molar-refractivity contribution in [1.82, 2.24) is 0 Å². The molecular formula is C30H23IO3. The number of aryl methyl sites for hydroxylation is 1. The Morgan fingerprint density at radius 3 is 2.50 bits per heavy atom. The van der Waals surface area contributed by atoms with Crippen LogP contribution in [0.15, 0.2) is 83.3 Å². The standard InChI is InChI=1S/C30H23IO3/c1-2-5-22-16-23(28-17-24-13-11-20-6-3-4-7-26(20)29(24)34-28)12-9-19(22)8-10-21-14-15-25(31)18-27(21)30(32)33/h3-4,6-18H,2,5H2,1H3,(H,32,33)/b10-8+. The normalized spacial score (nSPS) is 11.6. The fourth-order valence-electron chi connectivity index (χ4n) is 4.36. The third-order valence-electron chi connectivity index (χ3n) is 6.04. The second kappa shape index (κ2) is 9.47. The summed E-state index contributed by atoms with van der Waals surface area (Å²) >= 11 is 2.13. The van der Waals surface area contributed by atoms with Crippen molar-refractivity contribution in [3.63, 3.8) is 0 Å². The summed E-state index contributed by atoms with van der Waals surface area (Å²) in [4.78, 5) is 11.7. The number of carboxylic acids is 1. The summed E-state index contributed by atoms with van der Waals surface area (Å²) in [6.07, 6.45) is 5.84. The van der Waals surface area contributed by atoms with Gasteiger partial charge in [-0.2, -0.15) is 0 Å². The summed E-state index contributed by atoms with van der Waals surface area (Å²) in [5.74, 6) is -0.0651. The molecule has 0 radical (unpaired) electrons. The van der Waals surface area contributed by atoms with Gasteiger partial charge in [0.15, 0.2) is 0 Å². The van der Waals surface area contributed by atoms with Crippen LogP contribution < -0.4 is 0 Å². The van der Waals surface area contributed by atoms with E-state index in [1.54, 1.807) is 6.07 Å². The number of benzene rings is 4. The van der Waals surface area contributed by atoms with Gasteiger partial charge in [0.25, 0.3) is 0 Å². The van der Waals surface area contributed by atoms with Gasteiger partial charge in [-0.3, -0.25) is 0 Å². The zero-order valence-electron chi connectivity index (χ0n) is 18.7. The van der Waals surface area contributed by atoms with Crippen molar-refractivity contribution >= 4 is 62.5 Å². The van der Waals surface area contributed by atoms with Crippen LogP contribution in [0.4, 0.5) is 0 Å². The van der Waals surface area contributed by atoms with E-state index in [1.165, 1.54) is 10.9 Å². The summed E-state index contributed by atoms with van der Waals surface area (Å²) in [7, 11) is 0. The molecule has 5 rings (SSSR count). The molecule has 3 nitrogen and oxygen atoms in total. The molecule has 0 aliphatic heterocycles. The molecule has 4 aromatic carbocycles. The molecule has 4 heteroatoms. The molecule has 0 atom stereocenters. The van der Waals surface area contributed by atoms with Gasteiger partial charge in [-0.05, 0) is 75.4 Å². The minimum Gasteiger partial charge on any atom is -0.478 e. The molecule has 0 saturated carbocycles. The zero-order valence-corrected chi connectivity index (χ0v) is 20.9. The number of furan rings is 1. The molecule has 0 saturated heterocycles. The van der Waals surface area contributed by atoms with Crippen LogP contribution in [0.25, 0.3) is 45.2 Å². The highest BCUT2D eigenvalue weighted by molar-refractivity contribution is 14.1. The van der Waals surface area contributed by atoms with Crippen LogP contribution in [0, 0.1) is 3.57 Å². The predicted molar refractivity (Wildman–Crippen MR) is 148 cm³/mol. The first-order valence-corrected chi connectivity index (χ1v) is 12.4. The topological polar surface area (TPSA) is 50.4 Å². The number of carboxylic acid groups (broad SMARTS) is 1. The number of hydrogen-bond donors (Lipinski definition) is 1. The van der Waals surface area contributed by atoms with Crippen molar-refractivity contribution in [2.24, 2.45) is 0 Å². The molecular weight excluding hydrogens is 535 g/mol. The molecule has 0 bridgehead atoms. The quantitative estimate of drug-likeness (QED) is 0.168. The summed E-state index contributed by atoms with van der Waals surface area (Å²) in [6, 6.07) is 26.4. The van der Waals surface area contributed by atoms with Gasteiger partial charge >= 0.3 is 5.97 Å². The van der Waals surface area contributed by atoms with E-state index in [9.17, 15) is 9.90 Å². The molecule has 1 heterocycles. The summed E-state index contributed by atoms with van der Waals surface area (Å²) < 4.78 is 7.24. The van der Waals surface area contributed by atoms with Crippen molar-refractivity contribution < 1.29 is 14.3 Å². The first-order valence-electron chi connectivity index (χ1n) is 11.3. The predicted octanol–water partition coefficient (Wildman–Crippen LogP) is 8.68. The Labute approximate surface area is 211 Å². The SMILES string of the molecule is CCCc1cc(-c2cc3ccc4ccccc4c3o2)ccc1/C=C/c1ccc(I)cc1C(=O)O. The Morgan fingerprint density at radius 2 is 1.68 bits per heavy atom. The highest BCUT2D eigenvalue weighted by Crippen LogP contribution is 2.34. The summed E-state index contributed by atoms with van der Waals surface area (Å²) in [6.45, 7) is 2.16. The van der Waals surface area contributed by atoms with Gasteiger partial charge in [0.2, 0.25) is 0 Å². The highest BCUT2D eigenvalue weighted by atomic mass is 127. The average Bonchev–Trinajstić information content (AvgIpc) is 3.29. The number of carbonyl (C=O) groups is 1. The second-order valence-electron chi connectivity index (χ2n) is 8.35. The van der Waals surface area contributed by atoms with E-state index in [-0.39, 0.29) is 0 Å². The molecule has 1 N–H and O–H groups in total. The van der Waals surface area contributed by atoms with Gasteiger partial charge < -0.3 is 9.52 Å². The van der Waals surface area contributed by atoms with Crippen molar-refractivity contribution in [1.29, 1.82) is 0 Å². The van der Waals surface area contributed by atoms with Crippen molar-refractivity contribution in [3.8, 4) is 11.3 Å². The lowest BCUT2D eigenvalue weighted by Crippen LogP contribution is -2.00. The van der Waals surface area contributed by atoms with Gasteiger partial charge in [-0.1, -0.05) is 80.1 Å². The van der Waals surface area contributed by atoms with Gasteiger partial charge in [0.1, 0.15) is 11.3 Å². The van der Waals surface area contributed by atoms with Crippen molar-refractivity contribution in [2.75, 3.05) is 0 Å². The highest BCUT2D eigenvalue weighted by Gasteiger charge is 2.12. The van der Waals surface area contributed by atoms with E-state index in [4.69, 9.17) is 4.42 Å². The molecule has 5 aromatic rings. The number of rotatable bonds is 6. The number of hydrogen-bond acceptors (Lipinski definition) is 2. The third kappa shape index (κ3) is 4.38. The van der Waals surface area contributed by atoms with E-state index >= 15 is 0 Å². The first kappa shape index (κ1) is 22.4. The Morgan fingerprint density at radius 1 is 0.912 bits per heavy atom. The Balaban J connectivity index is 1.54. The Kier molecular flexibility index (Phi) is 6.24. The van der Waals surface area contributed by atoms with E-state index in [0.717, 1.165) is 49.7 Å². The molecule has 168 valence electrons. The lowest BCUT2D eigenvalue weighted by atomic mass is 9.97. The van der Waals surface area contributed by atoms with E-state index < -0.39 is 5.97 Å². The van der Waals surface area contributed by atoms with Gasteiger partial charge in [0.05, 0.1) is 5.56 Å². The Hall–Kier alpha value is -3.38. The van der Waals surface area contributed by atoms with Crippen LogP contribution in [-0.4, -0.2) is 11.1 Å². The van der Waals surface area contributed by atoms with Crippen molar-refractivity contribution in [3.05, 3.63) is 105 Å². The van der Waals surface area contributed by atoms with Gasteiger partial charge in [-0.25, -0.2) is 4.79 Å². The number of halogens is 1. The van der Waals surface area contributed by atoms with E-state index in [1.807, 2.05) is 36.4 Å². The van der Waals surface area contributed by atoms with Crippen LogP contribution in [-0.2, 0) is 6.42 Å². The molecule has 0 aliphatic rings. The first-order chi connectivity index (χ1) is 16.5. The monoisotopic (exact) mass is 558 g/mol. The molecule has 0 spiro atoms. The van der Waals surface area contributed by atoms with E-state index in [0.29, 0.717) is 11.1 Å². The smallest absolute Gasteiger partial charge is 0.336 e. The van der Waals surface area contributed by atoms with Crippen LogP contribution in [0.3, 0.4) is 0 Å².